The van der Waals surface area contributed by atoms with Crippen molar-refractivity contribution in [3.8, 4) is 5.75 Å². The number of anilines is 1. The lowest BCUT2D eigenvalue weighted by Crippen LogP contribution is -2.40. The average molecular weight is 338 g/mol. The summed E-state index contributed by atoms with van der Waals surface area (Å²) in [7, 11) is 5.64. The third-order valence-corrected chi connectivity index (χ3v) is 4.08. The number of rotatable bonds is 6. The summed E-state index contributed by atoms with van der Waals surface area (Å²) in [4.78, 5) is 14.3. The van der Waals surface area contributed by atoms with Gasteiger partial charge in [0.1, 0.15) is 5.75 Å². The molecular formula is C21H26N2O2. The van der Waals surface area contributed by atoms with Crippen molar-refractivity contribution in [2.75, 3.05) is 26.1 Å². The standard InChI is InChI=1S/C21H26N2O2/c1-21(2,17-9-13-19(25-5)14-10-17)22-20(24)15-8-16-6-11-18(12-7-16)23(3)4/h6-15H,1-5H3,(H,22,24)/b15-8+. The minimum Gasteiger partial charge on any atom is -0.497 e. The fourth-order valence-electron chi connectivity index (χ4n) is 2.49. The Hall–Kier alpha value is -2.75. The number of carbonyl (C=O) groups is 1. The van der Waals surface area contributed by atoms with Crippen LogP contribution in [0.2, 0.25) is 0 Å². The van der Waals surface area contributed by atoms with Crippen molar-refractivity contribution in [3.63, 3.8) is 0 Å². The van der Waals surface area contributed by atoms with Gasteiger partial charge in [0, 0.05) is 25.9 Å². The largest absolute Gasteiger partial charge is 0.497 e. The zero-order chi connectivity index (χ0) is 18.4. The Morgan fingerprint density at radius 1 is 1.04 bits per heavy atom. The number of ether oxygens (including phenoxy) is 1. The van der Waals surface area contributed by atoms with Crippen molar-refractivity contribution in [3.05, 3.63) is 65.7 Å². The number of nitrogens with zero attached hydrogens (tertiary/aromatic N) is 1. The fraction of sp³-hybridized carbons (Fsp3) is 0.286. The van der Waals surface area contributed by atoms with Crippen molar-refractivity contribution in [2.45, 2.75) is 19.4 Å². The maximum Gasteiger partial charge on any atom is 0.244 e. The molecule has 1 N–H and O–H groups in total. The van der Waals surface area contributed by atoms with E-state index in [0.29, 0.717) is 0 Å². The van der Waals surface area contributed by atoms with E-state index in [1.54, 1.807) is 13.2 Å². The zero-order valence-electron chi connectivity index (χ0n) is 15.5. The molecule has 0 aliphatic heterocycles. The van der Waals surface area contributed by atoms with Crippen LogP contribution in [-0.4, -0.2) is 27.1 Å². The van der Waals surface area contributed by atoms with Gasteiger partial charge in [-0.15, -0.1) is 0 Å². The van der Waals surface area contributed by atoms with Crippen LogP contribution in [0.5, 0.6) is 5.75 Å². The Morgan fingerprint density at radius 3 is 2.16 bits per heavy atom. The van der Waals surface area contributed by atoms with E-state index in [2.05, 4.69) is 5.32 Å². The Morgan fingerprint density at radius 2 is 1.64 bits per heavy atom. The number of amides is 1. The maximum atomic E-state index is 12.3. The molecule has 0 aromatic heterocycles. The predicted octanol–water partition coefficient (Wildman–Crippen LogP) is 3.83. The molecule has 0 aliphatic rings. The van der Waals surface area contributed by atoms with Crippen molar-refractivity contribution in [1.29, 1.82) is 0 Å². The Balaban J connectivity index is 2.02. The number of benzene rings is 2. The zero-order valence-corrected chi connectivity index (χ0v) is 15.5. The second-order valence-electron chi connectivity index (χ2n) is 6.66. The van der Waals surface area contributed by atoms with Gasteiger partial charge >= 0.3 is 0 Å². The second-order valence-corrected chi connectivity index (χ2v) is 6.66. The molecule has 0 bridgehead atoms. The molecule has 25 heavy (non-hydrogen) atoms. The third kappa shape index (κ3) is 5.11. The molecular weight excluding hydrogens is 312 g/mol. The van der Waals surface area contributed by atoms with E-state index in [4.69, 9.17) is 4.74 Å². The number of carbonyl (C=O) groups excluding carboxylic acids is 1. The highest BCUT2D eigenvalue weighted by Gasteiger charge is 2.21. The summed E-state index contributed by atoms with van der Waals surface area (Å²) in [6, 6.07) is 15.8. The van der Waals surface area contributed by atoms with Gasteiger partial charge in [0.05, 0.1) is 12.6 Å². The van der Waals surface area contributed by atoms with Crippen LogP contribution < -0.4 is 15.0 Å². The lowest BCUT2D eigenvalue weighted by molar-refractivity contribution is -0.118. The van der Waals surface area contributed by atoms with Crippen LogP contribution in [0.3, 0.4) is 0 Å². The molecule has 4 nitrogen and oxygen atoms in total. The normalized spacial score (nSPS) is 11.4. The van der Waals surface area contributed by atoms with Crippen LogP contribution in [0.25, 0.3) is 6.08 Å². The highest BCUT2D eigenvalue weighted by atomic mass is 16.5. The first-order chi connectivity index (χ1) is 11.8. The number of hydrogen-bond acceptors (Lipinski definition) is 3. The first-order valence-corrected chi connectivity index (χ1v) is 8.24. The summed E-state index contributed by atoms with van der Waals surface area (Å²) >= 11 is 0. The van der Waals surface area contributed by atoms with Crippen LogP contribution in [0, 0.1) is 0 Å². The van der Waals surface area contributed by atoms with Crippen molar-refractivity contribution in [1.82, 2.24) is 5.32 Å². The topological polar surface area (TPSA) is 41.6 Å². The van der Waals surface area contributed by atoms with E-state index in [9.17, 15) is 4.79 Å². The van der Waals surface area contributed by atoms with E-state index < -0.39 is 5.54 Å². The minimum atomic E-state index is -0.470. The molecule has 0 atom stereocenters. The van der Waals surface area contributed by atoms with E-state index in [-0.39, 0.29) is 5.91 Å². The van der Waals surface area contributed by atoms with Crippen LogP contribution >= 0.6 is 0 Å². The van der Waals surface area contributed by atoms with E-state index in [1.165, 1.54) is 0 Å². The van der Waals surface area contributed by atoms with Crippen LogP contribution in [0.4, 0.5) is 5.69 Å². The Kier molecular flexibility index (Phi) is 5.86. The first kappa shape index (κ1) is 18.6. The maximum absolute atomic E-state index is 12.3. The summed E-state index contributed by atoms with van der Waals surface area (Å²) in [5.41, 5.74) is 2.67. The summed E-state index contributed by atoms with van der Waals surface area (Å²) in [5.74, 6) is 0.671. The highest BCUT2D eigenvalue weighted by Crippen LogP contribution is 2.22. The van der Waals surface area contributed by atoms with Gasteiger partial charge in [-0.25, -0.2) is 0 Å². The predicted molar refractivity (Wildman–Crippen MR) is 104 cm³/mol. The minimum absolute atomic E-state index is 0.127. The summed E-state index contributed by atoms with van der Waals surface area (Å²) in [6.07, 6.45) is 3.38. The van der Waals surface area contributed by atoms with Gasteiger partial charge in [0.2, 0.25) is 5.91 Å². The van der Waals surface area contributed by atoms with Crippen molar-refractivity contribution in [2.24, 2.45) is 0 Å². The summed E-state index contributed by atoms with van der Waals surface area (Å²) < 4.78 is 5.17. The molecule has 0 saturated carbocycles. The van der Waals surface area contributed by atoms with Crippen LogP contribution in [0.15, 0.2) is 54.6 Å². The van der Waals surface area contributed by atoms with Gasteiger partial charge in [-0.1, -0.05) is 24.3 Å². The summed E-state index contributed by atoms with van der Waals surface area (Å²) in [5, 5.41) is 3.04. The van der Waals surface area contributed by atoms with Gasteiger partial charge in [-0.05, 0) is 55.3 Å². The molecule has 2 rings (SSSR count). The molecule has 0 saturated heterocycles. The Bertz CT molecular complexity index is 729. The third-order valence-electron chi connectivity index (χ3n) is 4.08. The molecule has 0 spiro atoms. The van der Waals surface area contributed by atoms with Gasteiger partial charge in [0.25, 0.3) is 0 Å². The first-order valence-electron chi connectivity index (χ1n) is 8.24. The van der Waals surface area contributed by atoms with Gasteiger partial charge in [0.15, 0.2) is 0 Å². The molecule has 1 amide bonds. The monoisotopic (exact) mass is 338 g/mol. The molecule has 0 radical (unpaired) electrons. The molecule has 2 aromatic rings. The van der Waals surface area contributed by atoms with Gasteiger partial charge < -0.3 is 15.0 Å². The van der Waals surface area contributed by atoms with Crippen molar-refractivity contribution < 1.29 is 9.53 Å². The average Bonchev–Trinajstić information content (AvgIpc) is 2.60. The second kappa shape index (κ2) is 7.88. The number of methoxy groups -OCH3 is 1. The molecule has 132 valence electrons. The van der Waals surface area contributed by atoms with E-state index in [0.717, 1.165) is 22.6 Å². The molecule has 0 unspecified atom stereocenters. The van der Waals surface area contributed by atoms with Crippen molar-refractivity contribution >= 4 is 17.7 Å². The van der Waals surface area contributed by atoms with E-state index >= 15 is 0 Å². The number of hydrogen-bond donors (Lipinski definition) is 1. The fourth-order valence-corrected chi connectivity index (χ4v) is 2.49. The molecule has 0 heterocycles. The van der Waals surface area contributed by atoms with Crippen LogP contribution in [0.1, 0.15) is 25.0 Å². The SMILES string of the molecule is COc1ccc(C(C)(C)NC(=O)/C=C/c2ccc(N(C)C)cc2)cc1. The lowest BCUT2D eigenvalue weighted by Gasteiger charge is -2.26. The summed E-state index contributed by atoms with van der Waals surface area (Å²) in [6.45, 7) is 3.96. The number of nitrogens with one attached hydrogen (secondary N) is 1. The Labute approximate surface area is 150 Å². The molecule has 0 fully saturated rings. The molecule has 0 aliphatic carbocycles. The van der Waals surface area contributed by atoms with Crippen LogP contribution in [-0.2, 0) is 10.3 Å². The molecule has 2 aromatic carbocycles. The molecule has 4 heteroatoms. The lowest BCUT2D eigenvalue weighted by atomic mass is 9.94. The van der Waals surface area contributed by atoms with E-state index in [1.807, 2.05) is 87.4 Å². The smallest absolute Gasteiger partial charge is 0.244 e. The quantitative estimate of drug-likeness (QED) is 0.814. The van der Waals surface area contributed by atoms with Gasteiger partial charge in [-0.3, -0.25) is 4.79 Å². The highest BCUT2D eigenvalue weighted by molar-refractivity contribution is 5.92. The van der Waals surface area contributed by atoms with Gasteiger partial charge in [-0.2, -0.15) is 0 Å².